The van der Waals surface area contributed by atoms with E-state index in [1.54, 1.807) is 18.2 Å². The normalized spacial score (nSPS) is 11.7. The Labute approximate surface area is 147 Å². The largest absolute Gasteiger partial charge is 0.224 e. The summed E-state index contributed by atoms with van der Waals surface area (Å²) in [5.74, 6) is 0. The highest BCUT2D eigenvalue weighted by Crippen LogP contribution is 2.44. The van der Waals surface area contributed by atoms with Crippen molar-refractivity contribution >= 4 is 67.8 Å². The summed E-state index contributed by atoms with van der Waals surface area (Å²) in [5, 5.41) is 0.686. The maximum Gasteiger partial charge on any atom is 0.178 e. The zero-order valence-electron chi connectivity index (χ0n) is 10.4. The molecule has 2 aromatic carbocycles. The van der Waals surface area contributed by atoms with Gasteiger partial charge in [-0.15, -0.1) is 0 Å². The first-order valence-electron chi connectivity index (χ1n) is 5.46. The molecule has 0 heterocycles. The molecular weight excluding hydrogens is 397 g/mol. The van der Waals surface area contributed by atoms with E-state index in [4.69, 9.17) is 58.0 Å². The van der Waals surface area contributed by atoms with E-state index in [9.17, 15) is 8.42 Å². The van der Waals surface area contributed by atoms with Gasteiger partial charge < -0.3 is 0 Å². The van der Waals surface area contributed by atoms with Crippen LogP contribution in [-0.4, -0.2) is 14.7 Å². The molecule has 2 rings (SSSR count). The number of hydrogen-bond donors (Lipinski definition) is 0. The predicted octanol–water partition coefficient (Wildman–Crippen LogP) is 6.02. The zero-order chi connectivity index (χ0) is 15.9. The maximum absolute atomic E-state index is 11.9. The van der Waals surface area contributed by atoms with Crippen molar-refractivity contribution < 1.29 is 8.42 Å². The highest BCUT2D eigenvalue weighted by molar-refractivity contribution is 7.91. The van der Waals surface area contributed by atoms with E-state index in [-0.39, 0.29) is 20.0 Å². The number of halogens is 5. The molecule has 0 spiro atoms. The summed E-state index contributed by atoms with van der Waals surface area (Å²) in [5.41, 5.74) is 0.816. The van der Waals surface area contributed by atoms with Crippen molar-refractivity contribution in [2.45, 2.75) is 4.90 Å². The van der Waals surface area contributed by atoms with Crippen molar-refractivity contribution in [2.24, 2.45) is 0 Å². The third kappa shape index (κ3) is 3.44. The van der Waals surface area contributed by atoms with Gasteiger partial charge in [0.25, 0.3) is 0 Å². The Hall–Kier alpha value is -0.160. The second-order valence-corrected chi connectivity index (χ2v) is 8.22. The second-order valence-electron chi connectivity index (χ2n) is 4.26. The Morgan fingerprint density at radius 2 is 1.43 bits per heavy atom. The van der Waals surface area contributed by atoms with Crippen molar-refractivity contribution in [2.75, 3.05) is 6.26 Å². The summed E-state index contributed by atoms with van der Waals surface area (Å²) in [6.07, 6.45) is 1.000. The molecule has 2 aromatic rings. The van der Waals surface area contributed by atoms with Crippen molar-refractivity contribution in [3.63, 3.8) is 0 Å². The van der Waals surface area contributed by atoms with Crippen LogP contribution in [0.5, 0.6) is 0 Å². The van der Waals surface area contributed by atoms with Gasteiger partial charge >= 0.3 is 0 Å². The van der Waals surface area contributed by atoms with Crippen molar-refractivity contribution in [1.82, 2.24) is 0 Å². The van der Waals surface area contributed by atoms with E-state index < -0.39 is 9.84 Å². The molecule has 0 unspecified atom stereocenters. The molecule has 112 valence electrons. The molecule has 0 fully saturated rings. The van der Waals surface area contributed by atoms with Gasteiger partial charge in [0, 0.05) is 27.4 Å². The van der Waals surface area contributed by atoms with Crippen LogP contribution >= 0.6 is 58.0 Å². The van der Waals surface area contributed by atoms with E-state index >= 15 is 0 Å². The highest BCUT2D eigenvalue weighted by Gasteiger charge is 2.24. The van der Waals surface area contributed by atoms with Crippen LogP contribution in [0, 0.1) is 0 Å². The van der Waals surface area contributed by atoms with Crippen molar-refractivity contribution in [3.05, 3.63) is 49.4 Å². The molecule has 0 radical (unpaired) electrons. The molecule has 0 aliphatic carbocycles. The lowest BCUT2D eigenvalue weighted by molar-refractivity contribution is 0.602. The molecule has 0 aliphatic heterocycles. The Balaban J connectivity index is 2.89. The van der Waals surface area contributed by atoms with E-state index in [1.165, 1.54) is 6.07 Å². The van der Waals surface area contributed by atoms with E-state index in [2.05, 4.69) is 0 Å². The highest BCUT2D eigenvalue weighted by atomic mass is 35.5. The van der Waals surface area contributed by atoms with Crippen molar-refractivity contribution in [1.29, 1.82) is 0 Å². The summed E-state index contributed by atoms with van der Waals surface area (Å²) in [6, 6.07) is 6.22. The molecule has 0 bridgehead atoms. The third-order valence-electron chi connectivity index (χ3n) is 2.71. The van der Waals surface area contributed by atoms with Crippen LogP contribution in [0.15, 0.2) is 29.2 Å². The summed E-state index contributed by atoms with van der Waals surface area (Å²) < 4.78 is 23.8. The summed E-state index contributed by atoms with van der Waals surface area (Å²) in [6.45, 7) is 0. The summed E-state index contributed by atoms with van der Waals surface area (Å²) in [4.78, 5) is -0.232. The molecule has 0 saturated carbocycles. The van der Waals surface area contributed by atoms with Gasteiger partial charge in [0.1, 0.15) is 4.90 Å². The molecule has 0 aromatic heterocycles. The number of benzene rings is 2. The van der Waals surface area contributed by atoms with Crippen LogP contribution in [0.2, 0.25) is 25.1 Å². The smallest absolute Gasteiger partial charge is 0.178 e. The molecular formula is C13H7Cl5O2S. The molecule has 0 atom stereocenters. The lowest BCUT2D eigenvalue weighted by atomic mass is 10.1. The lowest BCUT2D eigenvalue weighted by Gasteiger charge is -2.13. The zero-order valence-corrected chi connectivity index (χ0v) is 15.0. The van der Waals surface area contributed by atoms with Crippen LogP contribution < -0.4 is 0 Å². The Morgan fingerprint density at radius 1 is 0.810 bits per heavy atom. The SMILES string of the molecule is CS(=O)(=O)c1c(Cl)c(Cl)cc(-c2cc(Cl)ccc2Cl)c1Cl. The predicted molar refractivity (Wildman–Crippen MR) is 90.0 cm³/mol. The summed E-state index contributed by atoms with van der Waals surface area (Å²) >= 11 is 30.2. The molecule has 0 aliphatic rings. The third-order valence-corrected chi connectivity index (χ3v) is 5.82. The minimum absolute atomic E-state index is 0.0453. The topological polar surface area (TPSA) is 34.1 Å². The molecule has 8 heteroatoms. The van der Waals surface area contributed by atoms with Crippen molar-refractivity contribution in [3.8, 4) is 11.1 Å². The second kappa shape index (κ2) is 6.15. The van der Waals surface area contributed by atoms with Gasteiger partial charge in [-0.25, -0.2) is 8.42 Å². The van der Waals surface area contributed by atoms with Crippen LogP contribution in [0.4, 0.5) is 0 Å². The van der Waals surface area contributed by atoms with Gasteiger partial charge in [-0.05, 0) is 24.3 Å². The Bertz CT molecular complexity index is 831. The average molecular weight is 405 g/mol. The molecule has 2 nitrogen and oxygen atoms in total. The number of sulfone groups is 1. The van der Waals surface area contributed by atoms with Gasteiger partial charge in [0.05, 0.1) is 15.1 Å². The molecule has 21 heavy (non-hydrogen) atoms. The van der Waals surface area contributed by atoms with E-state index in [1.807, 2.05) is 0 Å². The van der Waals surface area contributed by atoms with Gasteiger partial charge in [-0.2, -0.15) is 0 Å². The van der Waals surface area contributed by atoms with Gasteiger partial charge in [-0.3, -0.25) is 0 Å². The first kappa shape index (κ1) is 17.2. The van der Waals surface area contributed by atoms with Gasteiger partial charge in [0.15, 0.2) is 9.84 Å². The fourth-order valence-electron chi connectivity index (χ4n) is 1.81. The first-order chi connectivity index (χ1) is 9.62. The van der Waals surface area contributed by atoms with Crippen LogP contribution in [-0.2, 0) is 9.84 Å². The monoisotopic (exact) mass is 402 g/mol. The molecule has 0 amide bonds. The average Bonchev–Trinajstić information content (AvgIpc) is 2.35. The standard InChI is InChI=1S/C13H7Cl5O2S/c1-21(19,20)13-11(17)8(5-10(16)12(13)18)7-4-6(14)2-3-9(7)15/h2-5H,1H3. The Morgan fingerprint density at radius 3 is 2.00 bits per heavy atom. The van der Waals surface area contributed by atoms with Crippen LogP contribution in [0.25, 0.3) is 11.1 Å². The maximum atomic E-state index is 11.9. The van der Waals surface area contributed by atoms with E-state index in [0.29, 0.717) is 21.2 Å². The first-order valence-corrected chi connectivity index (χ1v) is 9.24. The minimum atomic E-state index is -3.66. The fraction of sp³-hybridized carbons (Fsp3) is 0.0769. The summed E-state index contributed by atoms with van der Waals surface area (Å²) in [7, 11) is -3.66. The molecule has 0 saturated heterocycles. The van der Waals surface area contributed by atoms with Gasteiger partial charge in [0.2, 0.25) is 0 Å². The minimum Gasteiger partial charge on any atom is -0.224 e. The Kier molecular flexibility index (Phi) is 5.04. The van der Waals surface area contributed by atoms with Crippen LogP contribution in [0.3, 0.4) is 0 Å². The van der Waals surface area contributed by atoms with Crippen LogP contribution in [0.1, 0.15) is 0 Å². The molecule has 0 N–H and O–H groups in total. The number of rotatable bonds is 2. The lowest BCUT2D eigenvalue weighted by Crippen LogP contribution is -2.01. The quantitative estimate of drug-likeness (QED) is 0.573. The van der Waals surface area contributed by atoms with E-state index in [0.717, 1.165) is 6.26 Å². The number of hydrogen-bond acceptors (Lipinski definition) is 2. The fourth-order valence-corrected chi connectivity index (χ4v) is 4.62. The van der Waals surface area contributed by atoms with Gasteiger partial charge in [-0.1, -0.05) is 58.0 Å².